The van der Waals surface area contributed by atoms with E-state index in [-0.39, 0.29) is 5.41 Å². The van der Waals surface area contributed by atoms with Gasteiger partial charge in [0.15, 0.2) is 5.58 Å². The summed E-state index contributed by atoms with van der Waals surface area (Å²) in [6.45, 7) is 4.72. The molecule has 0 saturated heterocycles. The lowest BCUT2D eigenvalue weighted by molar-refractivity contribution is 0.660. The molecule has 1 aliphatic carbocycles. The highest BCUT2D eigenvalue weighted by atomic mass is 32.2. The zero-order valence-corrected chi connectivity index (χ0v) is 36.8. The molecule has 13 rings (SSSR count). The number of rotatable bonds is 7. The van der Waals surface area contributed by atoms with Gasteiger partial charge in [-0.3, -0.25) is 0 Å². The van der Waals surface area contributed by atoms with Gasteiger partial charge in [0, 0.05) is 59.4 Å². The summed E-state index contributed by atoms with van der Waals surface area (Å²) in [5.41, 5.74) is 18.4. The van der Waals surface area contributed by atoms with E-state index in [2.05, 4.69) is 236 Å². The van der Waals surface area contributed by atoms with Crippen molar-refractivity contribution in [3.8, 4) is 33.4 Å². The van der Waals surface area contributed by atoms with Gasteiger partial charge in [-0.2, -0.15) is 0 Å². The molecule has 4 heteroatoms. The van der Waals surface area contributed by atoms with Crippen LogP contribution in [-0.2, 0) is 5.41 Å². The summed E-state index contributed by atoms with van der Waals surface area (Å²) in [4.78, 5) is 7.31. The van der Waals surface area contributed by atoms with Gasteiger partial charge in [0.05, 0.1) is 17.1 Å². The molecule has 308 valence electrons. The first-order valence-corrected chi connectivity index (χ1v) is 23.2. The molecule has 11 aromatic rings. The van der Waals surface area contributed by atoms with Gasteiger partial charge < -0.3 is 14.2 Å². The molecule has 2 heterocycles. The molecule has 0 saturated carbocycles. The highest BCUT2D eigenvalue weighted by molar-refractivity contribution is 7.99. The Labute approximate surface area is 382 Å². The number of fused-ring (bicyclic) bond motifs is 8. The van der Waals surface area contributed by atoms with Crippen LogP contribution in [-0.4, -0.2) is 0 Å². The Morgan fingerprint density at radius 3 is 1.88 bits per heavy atom. The van der Waals surface area contributed by atoms with Crippen LogP contribution < -0.4 is 9.80 Å². The SMILES string of the molecule is CC1(C)c2ccccc2-c2ccc(N(c3ccccc3)c3ccc4c5c(cccc35)Sc3cc(N(c5ccccc5-c5ccccc5)c5cccc6c5oc5ccccc56)ccc3-4)cc21. The van der Waals surface area contributed by atoms with Crippen molar-refractivity contribution >= 4 is 78.6 Å². The molecular formula is C61H42N2OS. The average molecular weight is 851 g/mol. The van der Waals surface area contributed by atoms with Crippen molar-refractivity contribution < 1.29 is 4.42 Å². The van der Waals surface area contributed by atoms with E-state index in [9.17, 15) is 0 Å². The van der Waals surface area contributed by atoms with Gasteiger partial charge in [0.1, 0.15) is 5.58 Å². The van der Waals surface area contributed by atoms with Gasteiger partial charge in [-0.05, 0) is 106 Å². The van der Waals surface area contributed by atoms with Crippen molar-refractivity contribution in [2.45, 2.75) is 29.1 Å². The van der Waals surface area contributed by atoms with Crippen molar-refractivity contribution in [2.24, 2.45) is 0 Å². The lowest BCUT2D eigenvalue weighted by Gasteiger charge is -2.31. The van der Waals surface area contributed by atoms with Gasteiger partial charge in [-0.15, -0.1) is 0 Å². The number of nitrogens with zero attached hydrogens (tertiary/aromatic N) is 2. The Hall–Kier alpha value is -7.79. The molecule has 2 aliphatic rings. The molecule has 65 heavy (non-hydrogen) atoms. The van der Waals surface area contributed by atoms with E-state index in [0.717, 1.165) is 67.2 Å². The molecule has 3 nitrogen and oxygen atoms in total. The van der Waals surface area contributed by atoms with Crippen LogP contribution in [0.1, 0.15) is 25.0 Å². The maximum atomic E-state index is 6.74. The van der Waals surface area contributed by atoms with Crippen LogP contribution in [0.5, 0.6) is 0 Å². The fraction of sp³-hybridized carbons (Fsp3) is 0.0492. The summed E-state index contributed by atoms with van der Waals surface area (Å²) in [6.07, 6.45) is 0. The quantitative estimate of drug-likeness (QED) is 0.159. The average Bonchev–Trinajstić information content (AvgIpc) is 3.85. The monoisotopic (exact) mass is 850 g/mol. The van der Waals surface area contributed by atoms with Gasteiger partial charge in [-0.25, -0.2) is 0 Å². The van der Waals surface area contributed by atoms with Gasteiger partial charge >= 0.3 is 0 Å². The molecule has 0 spiro atoms. The molecule has 1 aliphatic heterocycles. The second kappa shape index (κ2) is 14.6. The van der Waals surface area contributed by atoms with E-state index < -0.39 is 0 Å². The van der Waals surface area contributed by atoms with Gasteiger partial charge in [0.25, 0.3) is 0 Å². The first kappa shape index (κ1) is 37.7. The fourth-order valence-corrected chi connectivity index (χ4v) is 11.8. The topological polar surface area (TPSA) is 19.6 Å². The molecule has 0 unspecified atom stereocenters. The molecular weight excluding hydrogens is 809 g/mol. The van der Waals surface area contributed by atoms with Crippen molar-refractivity contribution in [1.29, 1.82) is 0 Å². The highest BCUT2D eigenvalue weighted by Crippen LogP contribution is 2.55. The molecule has 0 atom stereocenters. The van der Waals surface area contributed by atoms with Crippen LogP contribution in [0.3, 0.4) is 0 Å². The normalized spacial score (nSPS) is 13.1. The highest BCUT2D eigenvalue weighted by Gasteiger charge is 2.36. The Bertz CT molecular complexity index is 3680. The smallest absolute Gasteiger partial charge is 0.159 e. The summed E-state index contributed by atoms with van der Waals surface area (Å²) in [6, 6.07) is 79.5. The predicted octanol–water partition coefficient (Wildman–Crippen LogP) is 17.8. The van der Waals surface area contributed by atoms with E-state index >= 15 is 0 Å². The van der Waals surface area contributed by atoms with E-state index in [4.69, 9.17) is 4.42 Å². The number of hydrogen-bond donors (Lipinski definition) is 0. The predicted molar refractivity (Wildman–Crippen MR) is 273 cm³/mol. The van der Waals surface area contributed by atoms with Crippen LogP contribution >= 0.6 is 11.8 Å². The van der Waals surface area contributed by atoms with Crippen LogP contribution in [0.4, 0.5) is 34.1 Å². The minimum atomic E-state index is -0.110. The number of furan rings is 1. The maximum Gasteiger partial charge on any atom is 0.159 e. The third-order valence-electron chi connectivity index (χ3n) is 13.6. The fourth-order valence-electron chi connectivity index (χ4n) is 10.6. The zero-order chi connectivity index (χ0) is 43.2. The van der Waals surface area contributed by atoms with Gasteiger partial charge in [-0.1, -0.05) is 177 Å². The molecule has 10 aromatic carbocycles. The summed E-state index contributed by atoms with van der Waals surface area (Å²) < 4.78 is 6.74. The second-order valence-electron chi connectivity index (χ2n) is 17.6. The van der Waals surface area contributed by atoms with Crippen molar-refractivity contribution in [1.82, 2.24) is 0 Å². The van der Waals surface area contributed by atoms with Crippen molar-refractivity contribution in [3.05, 3.63) is 230 Å². The van der Waals surface area contributed by atoms with Crippen LogP contribution in [0.15, 0.2) is 233 Å². The molecule has 1 aromatic heterocycles. The number of para-hydroxylation sites is 4. The number of hydrogen-bond acceptors (Lipinski definition) is 4. The maximum absolute atomic E-state index is 6.74. The van der Waals surface area contributed by atoms with E-state index in [0.29, 0.717) is 0 Å². The van der Waals surface area contributed by atoms with Crippen LogP contribution in [0.2, 0.25) is 0 Å². The van der Waals surface area contributed by atoms with Crippen LogP contribution in [0, 0.1) is 0 Å². The molecule has 0 N–H and O–H groups in total. The second-order valence-corrected chi connectivity index (χ2v) is 18.7. The summed E-state index contributed by atoms with van der Waals surface area (Å²) >= 11 is 1.86. The van der Waals surface area contributed by atoms with Crippen molar-refractivity contribution in [3.63, 3.8) is 0 Å². The zero-order valence-electron chi connectivity index (χ0n) is 36.0. The third kappa shape index (κ3) is 5.84. The van der Waals surface area contributed by atoms with E-state index in [1.807, 2.05) is 17.8 Å². The standard InChI is InChI=1S/C61H42N2OS/c1-61(2)51-26-12-9-22-44(51)45-33-31-41(37-52(45)61)62(40-19-7-4-8-20-40)54-36-35-48-47-34-32-42(38-58(47)65-57-30-16-25-50(54)59(48)57)63(53-27-13-10-21-43(53)39-17-5-3-6-18-39)55-28-15-24-49-46-23-11-14-29-56(46)64-60(49)55/h3-38H,1-2H3. The minimum Gasteiger partial charge on any atom is -0.454 e. The van der Waals surface area contributed by atoms with Crippen molar-refractivity contribution in [2.75, 3.05) is 9.80 Å². The van der Waals surface area contributed by atoms with Crippen LogP contribution in [0.25, 0.3) is 66.1 Å². The minimum absolute atomic E-state index is 0.110. The molecule has 0 bridgehead atoms. The molecule has 0 radical (unpaired) electrons. The molecule has 0 amide bonds. The van der Waals surface area contributed by atoms with E-state index in [1.54, 1.807) is 0 Å². The summed E-state index contributed by atoms with van der Waals surface area (Å²) in [5.74, 6) is 0. The summed E-state index contributed by atoms with van der Waals surface area (Å²) in [5, 5.41) is 4.72. The first-order chi connectivity index (χ1) is 32.0. The number of anilines is 6. The Morgan fingerprint density at radius 1 is 0.385 bits per heavy atom. The number of benzene rings is 10. The third-order valence-corrected chi connectivity index (χ3v) is 14.8. The Kier molecular flexibility index (Phi) is 8.49. The lowest BCUT2D eigenvalue weighted by Crippen LogP contribution is -2.16. The van der Waals surface area contributed by atoms with E-state index in [1.165, 1.54) is 53.9 Å². The largest absolute Gasteiger partial charge is 0.454 e. The summed E-state index contributed by atoms with van der Waals surface area (Å²) in [7, 11) is 0. The first-order valence-electron chi connectivity index (χ1n) is 22.3. The molecule has 0 fully saturated rings. The van der Waals surface area contributed by atoms with Gasteiger partial charge in [0.2, 0.25) is 0 Å². The lowest BCUT2D eigenvalue weighted by atomic mass is 9.82. The Balaban J connectivity index is 0.972. The Morgan fingerprint density at radius 2 is 1.02 bits per heavy atom.